The number of carbonyl (C=O) groups excluding carboxylic acids is 1. The number of nitrogens with zero attached hydrogens (tertiary/aromatic N) is 2. The predicted octanol–water partition coefficient (Wildman–Crippen LogP) is 0.792. The molecule has 9 nitrogen and oxygen atoms in total. The first kappa shape index (κ1) is 22.9. The minimum absolute atomic E-state index is 0.159. The van der Waals surface area contributed by atoms with Gasteiger partial charge in [-0.2, -0.15) is 0 Å². The summed E-state index contributed by atoms with van der Waals surface area (Å²) in [6, 6.07) is 1.07. The van der Waals surface area contributed by atoms with Gasteiger partial charge in [-0.15, -0.1) is 0 Å². The second kappa shape index (κ2) is 10.0. The van der Waals surface area contributed by atoms with Crippen LogP contribution in [-0.4, -0.2) is 81.6 Å². The van der Waals surface area contributed by atoms with Gasteiger partial charge in [0.15, 0.2) is 6.61 Å². The Morgan fingerprint density at radius 3 is 2.87 bits per heavy atom. The van der Waals surface area contributed by atoms with Crippen LogP contribution in [0.3, 0.4) is 0 Å². The second-order valence-electron chi connectivity index (χ2n) is 7.85. The summed E-state index contributed by atoms with van der Waals surface area (Å²) in [5.41, 5.74) is 1.93. The number of hydrogen-bond acceptors (Lipinski definition) is 7. The lowest BCUT2D eigenvalue weighted by Gasteiger charge is -2.41. The highest BCUT2D eigenvalue weighted by atomic mass is 32.2. The summed E-state index contributed by atoms with van der Waals surface area (Å²) >= 11 is 0. The number of aryl methyl sites for hydroxylation is 1. The predicted molar refractivity (Wildman–Crippen MR) is 111 cm³/mol. The minimum Gasteiger partial charge on any atom is -0.467 e. The smallest absolute Gasteiger partial charge is 0.260 e. The van der Waals surface area contributed by atoms with Crippen LogP contribution in [0.4, 0.5) is 0 Å². The van der Waals surface area contributed by atoms with Gasteiger partial charge >= 0.3 is 0 Å². The number of hydrogen-bond donors (Lipinski definition) is 1. The molecule has 168 valence electrons. The van der Waals surface area contributed by atoms with Crippen LogP contribution < -0.4 is 9.46 Å². The molecule has 3 atom stereocenters. The number of nitrogens with one attached hydrogen (secondary N) is 1. The molecule has 0 aliphatic carbocycles. The summed E-state index contributed by atoms with van der Waals surface area (Å²) in [4.78, 5) is 18.8. The molecular weight excluding hydrogens is 410 g/mol. The zero-order valence-corrected chi connectivity index (χ0v) is 18.6. The van der Waals surface area contributed by atoms with Crippen LogP contribution in [0, 0.1) is 13.8 Å². The summed E-state index contributed by atoms with van der Waals surface area (Å²) in [6.07, 6.45) is 3.47. The number of pyridine rings is 1. The molecule has 1 amide bonds. The molecule has 2 saturated heterocycles. The summed E-state index contributed by atoms with van der Waals surface area (Å²) in [5, 5.41) is -0.550. The van der Waals surface area contributed by atoms with Gasteiger partial charge in [0, 0.05) is 38.1 Å². The topological polar surface area (TPSA) is 107 Å². The van der Waals surface area contributed by atoms with Gasteiger partial charge < -0.3 is 19.1 Å². The van der Waals surface area contributed by atoms with E-state index in [2.05, 4.69) is 9.71 Å². The highest BCUT2D eigenvalue weighted by Gasteiger charge is 2.39. The largest absolute Gasteiger partial charge is 0.467 e. The van der Waals surface area contributed by atoms with Gasteiger partial charge in [-0.3, -0.25) is 4.79 Å². The van der Waals surface area contributed by atoms with Crippen LogP contribution in [0.15, 0.2) is 12.3 Å². The standard InChI is InChI=1S/C20H31N3O6S/c1-14-6-8-21-20(15(14)2)29-13-19(24)23-9-4-5-17(18(23)12-27-3)22-30(25,26)16-7-10-28-11-16/h6,8,16-18,22H,4-5,7,9-13H2,1-3H3/t16?,17-,18-/m0/s1. The van der Waals surface area contributed by atoms with E-state index in [-0.39, 0.29) is 25.7 Å². The maximum Gasteiger partial charge on any atom is 0.260 e. The number of aromatic nitrogens is 1. The highest BCUT2D eigenvalue weighted by molar-refractivity contribution is 7.90. The van der Waals surface area contributed by atoms with Gasteiger partial charge in [0.1, 0.15) is 5.25 Å². The third-order valence-corrected chi connectivity index (χ3v) is 7.72. The monoisotopic (exact) mass is 441 g/mol. The molecule has 0 radical (unpaired) electrons. The van der Waals surface area contributed by atoms with Crippen LogP contribution in [0.1, 0.15) is 30.4 Å². The minimum atomic E-state index is -3.54. The van der Waals surface area contributed by atoms with Gasteiger partial charge in [0.05, 0.1) is 19.3 Å². The van der Waals surface area contributed by atoms with Crippen molar-refractivity contribution >= 4 is 15.9 Å². The molecular formula is C20H31N3O6S. The number of likely N-dealkylation sites (tertiary alicyclic amines) is 1. The molecule has 10 heteroatoms. The van der Waals surface area contributed by atoms with Gasteiger partial charge in [-0.1, -0.05) is 0 Å². The second-order valence-corrected chi connectivity index (χ2v) is 9.85. The molecule has 2 fully saturated rings. The van der Waals surface area contributed by atoms with Gasteiger partial charge in [0.2, 0.25) is 15.9 Å². The Hall–Kier alpha value is -1.75. The Labute approximate surface area is 178 Å². The normalized spacial score (nSPS) is 24.8. The zero-order valence-electron chi connectivity index (χ0n) is 17.8. The number of rotatable bonds is 8. The van der Waals surface area contributed by atoms with E-state index in [9.17, 15) is 13.2 Å². The number of piperidine rings is 1. The van der Waals surface area contributed by atoms with E-state index in [4.69, 9.17) is 14.2 Å². The molecule has 0 saturated carbocycles. The molecule has 3 rings (SSSR count). The third-order valence-electron chi connectivity index (χ3n) is 5.84. The van der Waals surface area contributed by atoms with Crippen molar-refractivity contribution in [2.24, 2.45) is 0 Å². The maximum atomic E-state index is 12.9. The highest BCUT2D eigenvalue weighted by Crippen LogP contribution is 2.23. The van der Waals surface area contributed by atoms with Crippen molar-refractivity contribution in [1.29, 1.82) is 0 Å². The number of methoxy groups -OCH3 is 1. The van der Waals surface area contributed by atoms with Crippen LogP contribution >= 0.6 is 0 Å². The summed E-state index contributed by atoms with van der Waals surface area (Å²) in [6.45, 7) is 5.12. The lowest BCUT2D eigenvalue weighted by Crippen LogP contribution is -2.60. The van der Waals surface area contributed by atoms with Gasteiger partial charge in [0.25, 0.3) is 5.91 Å². The van der Waals surface area contributed by atoms with Crippen LogP contribution in [0.25, 0.3) is 0 Å². The lowest BCUT2D eigenvalue weighted by atomic mass is 9.97. The van der Waals surface area contributed by atoms with Crippen LogP contribution in [0.5, 0.6) is 5.88 Å². The molecule has 1 unspecified atom stereocenters. The lowest BCUT2D eigenvalue weighted by molar-refractivity contribution is -0.139. The first-order valence-corrected chi connectivity index (χ1v) is 11.8. The first-order chi connectivity index (χ1) is 14.3. The van der Waals surface area contributed by atoms with Crippen molar-refractivity contribution in [3.05, 3.63) is 23.4 Å². The van der Waals surface area contributed by atoms with Gasteiger partial charge in [-0.25, -0.2) is 18.1 Å². The van der Waals surface area contributed by atoms with E-state index >= 15 is 0 Å². The fourth-order valence-electron chi connectivity index (χ4n) is 3.91. The van der Waals surface area contributed by atoms with E-state index < -0.39 is 27.4 Å². The number of amides is 1. The first-order valence-electron chi connectivity index (χ1n) is 10.3. The maximum absolute atomic E-state index is 12.9. The van der Waals surface area contributed by atoms with E-state index in [0.717, 1.165) is 11.1 Å². The average molecular weight is 442 g/mol. The Morgan fingerprint density at radius 2 is 2.17 bits per heavy atom. The Balaban J connectivity index is 1.68. The molecule has 30 heavy (non-hydrogen) atoms. The SMILES string of the molecule is COC[C@H]1[C@@H](NS(=O)(=O)C2CCOC2)CCCN1C(=O)COc1nccc(C)c1C. The molecule has 1 aromatic heterocycles. The number of sulfonamides is 1. The summed E-state index contributed by atoms with van der Waals surface area (Å²) in [5.74, 6) is 0.218. The fourth-order valence-corrected chi connectivity index (χ4v) is 5.48. The van der Waals surface area contributed by atoms with Crippen LogP contribution in [0.2, 0.25) is 0 Å². The zero-order chi connectivity index (χ0) is 21.7. The molecule has 2 aliphatic heterocycles. The van der Waals surface area contributed by atoms with E-state index in [0.29, 0.717) is 38.3 Å². The van der Waals surface area contributed by atoms with Crippen molar-refractivity contribution in [2.75, 3.05) is 40.1 Å². The van der Waals surface area contributed by atoms with E-state index in [1.54, 1.807) is 18.2 Å². The molecule has 0 bridgehead atoms. The molecule has 1 aromatic rings. The molecule has 0 spiro atoms. The molecule has 2 aliphatic rings. The summed E-state index contributed by atoms with van der Waals surface area (Å²) < 4.78 is 44.5. The Morgan fingerprint density at radius 1 is 1.37 bits per heavy atom. The average Bonchev–Trinajstić information content (AvgIpc) is 3.26. The summed E-state index contributed by atoms with van der Waals surface area (Å²) in [7, 11) is -1.99. The molecule has 1 N–H and O–H groups in total. The van der Waals surface area contributed by atoms with Crippen molar-refractivity contribution in [2.45, 2.75) is 50.4 Å². The van der Waals surface area contributed by atoms with E-state index in [1.807, 2.05) is 19.9 Å². The fraction of sp³-hybridized carbons (Fsp3) is 0.700. The van der Waals surface area contributed by atoms with Crippen LogP contribution in [-0.2, 0) is 24.3 Å². The van der Waals surface area contributed by atoms with E-state index in [1.165, 1.54) is 0 Å². The van der Waals surface area contributed by atoms with Gasteiger partial charge in [-0.05, 0) is 44.7 Å². The molecule has 3 heterocycles. The van der Waals surface area contributed by atoms with Crippen molar-refractivity contribution in [3.8, 4) is 5.88 Å². The Kier molecular flexibility index (Phi) is 7.67. The van der Waals surface area contributed by atoms with Crippen molar-refractivity contribution in [3.63, 3.8) is 0 Å². The quantitative estimate of drug-likeness (QED) is 0.636. The van der Waals surface area contributed by atoms with Crippen molar-refractivity contribution < 1.29 is 27.4 Å². The Bertz CT molecular complexity index is 841. The molecule has 0 aromatic carbocycles. The third kappa shape index (κ3) is 5.29. The number of ether oxygens (including phenoxy) is 3. The van der Waals surface area contributed by atoms with Crippen molar-refractivity contribution in [1.82, 2.24) is 14.6 Å². The number of carbonyl (C=O) groups is 1.